The van der Waals surface area contributed by atoms with Crippen LogP contribution in [-0.4, -0.2) is 76.1 Å². The van der Waals surface area contributed by atoms with Gasteiger partial charge in [-0.25, -0.2) is 15.0 Å². The van der Waals surface area contributed by atoms with Crippen molar-refractivity contribution in [1.82, 2.24) is 29.8 Å². The summed E-state index contributed by atoms with van der Waals surface area (Å²) in [5.74, 6) is -0.909. The zero-order chi connectivity index (χ0) is 28.1. The van der Waals surface area contributed by atoms with Crippen LogP contribution in [0.5, 0.6) is 0 Å². The number of rotatable bonds is 5. The molecule has 0 spiro atoms. The molecule has 6 rings (SSSR count). The Labute approximate surface area is 231 Å². The van der Waals surface area contributed by atoms with E-state index in [9.17, 15) is 18.0 Å². The second kappa shape index (κ2) is 9.89. The van der Waals surface area contributed by atoms with E-state index < -0.39 is 17.7 Å². The summed E-state index contributed by atoms with van der Waals surface area (Å²) in [4.78, 5) is 37.0. The first kappa shape index (κ1) is 26.3. The van der Waals surface area contributed by atoms with Crippen LogP contribution in [0.3, 0.4) is 0 Å². The van der Waals surface area contributed by atoms with Gasteiger partial charge in [0.25, 0.3) is 12.2 Å². The summed E-state index contributed by atoms with van der Waals surface area (Å²) in [5, 5.41) is 1.33. The summed E-state index contributed by atoms with van der Waals surface area (Å²) in [5.41, 5.74) is 0.641. The molecular weight excluding hydrogens is 549 g/mol. The van der Waals surface area contributed by atoms with Crippen molar-refractivity contribution in [1.29, 1.82) is 0 Å². The molecule has 1 saturated heterocycles. The minimum atomic E-state index is -4.80. The van der Waals surface area contributed by atoms with Gasteiger partial charge in [0, 0.05) is 60.4 Å². The van der Waals surface area contributed by atoms with Crippen LogP contribution in [0.25, 0.3) is 10.9 Å². The molecule has 0 saturated carbocycles. The summed E-state index contributed by atoms with van der Waals surface area (Å²) in [6.45, 7) is 3.75. The van der Waals surface area contributed by atoms with Gasteiger partial charge in [-0.15, -0.1) is 0 Å². The number of aromatic amines is 1. The molecule has 4 aromatic rings. The third-order valence-corrected chi connectivity index (χ3v) is 7.65. The van der Waals surface area contributed by atoms with Crippen molar-refractivity contribution >= 4 is 40.7 Å². The highest BCUT2D eigenvalue weighted by atomic mass is 35.5. The molecule has 1 aromatic carbocycles. The van der Waals surface area contributed by atoms with Crippen LogP contribution >= 0.6 is 11.6 Å². The maximum atomic E-state index is 13.6. The molecule has 3 aromatic heterocycles. The number of alkyl halides is 3. The van der Waals surface area contributed by atoms with Crippen molar-refractivity contribution in [2.24, 2.45) is 0 Å². The third-order valence-electron chi connectivity index (χ3n) is 7.41. The number of nitrogens with zero attached hydrogens (tertiary/aromatic N) is 7. The number of benzene rings is 1. The van der Waals surface area contributed by atoms with Crippen LogP contribution in [0, 0.1) is 0 Å². The molecule has 0 bridgehead atoms. The number of anilines is 2. The van der Waals surface area contributed by atoms with Gasteiger partial charge in [0.1, 0.15) is 12.1 Å². The van der Waals surface area contributed by atoms with Gasteiger partial charge in [-0.3, -0.25) is 9.69 Å². The van der Waals surface area contributed by atoms with Gasteiger partial charge in [0.2, 0.25) is 11.8 Å². The Morgan fingerprint density at radius 1 is 1.07 bits per heavy atom. The molecule has 0 unspecified atom stereocenters. The predicted octanol–water partition coefficient (Wildman–Crippen LogP) is 3.61. The number of nitrogens with one attached hydrogen (secondary N) is 1. The fraction of sp³-hybridized carbons (Fsp3) is 0.346. The molecule has 5 heterocycles. The lowest BCUT2D eigenvalue weighted by atomic mass is 9.89. The molecule has 40 heavy (non-hydrogen) atoms. The lowest BCUT2D eigenvalue weighted by Gasteiger charge is -2.45. The molecule has 2 aliphatic heterocycles. The van der Waals surface area contributed by atoms with E-state index in [1.165, 1.54) is 4.90 Å². The summed E-state index contributed by atoms with van der Waals surface area (Å²) in [6, 6.07) is 8.89. The number of hydrogen-bond donors (Lipinski definition) is 1. The second-order valence-electron chi connectivity index (χ2n) is 9.73. The maximum Gasteiger partial charge on any atom is 0.451 e. The molecular formula is C26H24ClF3N8O2. The van der Waals surface area contributed by atoms with Crippen LogP contribution in [-0.2, 0) is 27.9 Å². The van der Waals surface area contributed by atoms with E-state index in [1.807, 2.05) is 6.07 Å². The Bertz CT molecular complexity index is 1560. The van der Waals surface area contributed by atoms with Crippen LogP contribution in [0.2, 0.25) is 5.02 Å². The number of hydrogen-bond acceptors (Lipinski definition) is 9. The highest BCUT2D eigenvalue weighted by molar-refractivity contribution is 6.31. The van der Waals surface area contributed by atoms with Crippen molar-refractivity contribution in [2.75, 3.05) is 49.6 Å². The minimum absolute atomic E-state index is 0.127. The monoisotopic (exact) mass is 572 g/mol. The largest absolute Gasteiger partial charge is 0.451 e. The fourth-order valence-corrected chi connectivity index (χ4v) is 5.62. The predicted molar refractivity (Wildman–Crippen MR) is 141 cm³/mol. The Morgan fingerprint density at radius 2 is 1.88 bits per heavy atom. The average Bonchev–Trinajstić information content (AvgIpc) is 3.32. The number of carbonyl (C=O) groups is 1. The van der Waals surface area contributed by atoms with Gasteiger partial charge in [-0.2, -0.15) is 18.2 Å². The molecule has 10 nitrogen and oxygen atoms in total. The van der Waals surface area contributed by atoms with E-state index >= 15 is 0 Å². The molecule has 208 valence electrons. The van der Waals surface area contributed by atoms with Crippen molar-refractivity contribution in [2.45, 2.75) is 18.3 Å². The van der Waals surface area contributed by atoms with Gasteiger partial charge in [-0.05, 0) is 49.4 Å². The summed E-state index contributed by atoms with van der Waals surface area (Å²) in [7, 11) is 2.06. The van der Waals surface area contributed by atoms with Gasteiger partial charge in [0.15, 0.2) is 0 Å². The van der Waals surface area contributed by atoms with E-state index in [0.717, 1.165) is 54.8 Å². The first-order chi connectivity index (χ1) is 19.2. The average molecular weight is 573 g/mol. The van der Waals surface area contributed by atoms with Gasteiger partial charge < -0.3 is 19.5 Å². The van der Waals surface area contributed by atoms with Crippen LogP contribution < -0.4 is 9.80 Å². The number of ether oxygens (including phenoxy) is 1. The fourth-order valence-electron chi connectivity index (χ4n) is 5.45. The SMILES string of the molecule is CN1CCN(c2ccc([C@]3(OC=O)c4[nH]c5ccc(Cl)cc5c4CCN3c3ncnc(C(F)(F)F)n3)cn2)CC1. The van der Waals surface area contributed by atoms with Gasteiger partial charge >= 0.3 is 6.18 Å². The Hall–Kier alpha value is -3.97. The summed E-state index contributed by atoms with van der Waals surface area (Å²) in [6.07, 6.45) is -2.04. The Balaban J connectivity index is 1.54. The smallest absolute Gasteiger partial charge is 0.430 e. The Morgan fingerprint density at radius 3 is 2.58 bits per heavy atom. The first-order valence-electron chi connectivity index (χ1n) is 12.6. The van der Waals surface area contributed by atoms with Gasteiger partial charge in [-0.1, -0.05) is 11.6 Å². The number of fused-ring (bicyclic) bond motifs is 3. The van der Waals surface area contributed by atoms with E-state index in [-0.39, 0.29) is 19.0 Å². The van der Waals surface area contributed by atoms with Crippen LogP contribution in [0.4, 0.5) is 24.9 Å². The van der Waals surface area contributed by atoms with E-state index in [2.05, 4.69) is 41.8 Å². The number of piperazine rings is 1. The second-order valence-corrected chi connectivity index (χ2v) is 10.2. The number of halogens is 4. The maximum absolute atomic E-state index is 13.6. The van der Waals surface area contributed by atoms with E-state index in [0.29, 0.717) is 22.7 Å². The number of carbonyl (C=O) groups excluding carboxylic acids is 1. The van der Waals surface area contributed by atoms with Crippen molar-refractivity contribution < 1.29 is 22.7 Å². The lowest BCUT2D eigenvalue weighted by molar-refractivity contribution is -0.146. The Kier molecular flexibility index (Phi) is 6.50. The van der Waals surface area contributed by atoms with Crippen LogP contribution in [0.1, 0.15) is 22.6 Å². The topological polar surface area (TPSA) is 103 Å². The lowest BCUT2D eigenvalue weighted by Crippen LogP contribution is -2.54. The molecule has 2 aliphatic rings. The molecule has 1 N–H and O–H groups in total. The van der Waals surface area contributed by atoms with Crippen LogP contribution in [0.15, 0.2) is 42.9 Å². The van der Waals surface area contributed by atoms with E-state index in [4.69, 9.17) is 16.3 Å². The normalized spacial score (nSPS) is 20.0. The minimum Gasteiger partial charge on any atom is -0.430 e. The summed E-state index contributed by atoms with van der Waals surface area (Å²) >= 11 is 6.29. The zero-order valence-corrected chi connectivity index (χ0v) is 22.1. The number of pyridine rings is 1. The quantitative estimate of drug-likeness (QED) is 0.359. The van der Waals surface area contributed by atoms with Gasteiger partial charge in [0.05, 0.1) is 5.69 Å². The standard InChI is InChI=1S/C26H24ClF3N8O2/c1-36-8-10-37(11-9-36)21-5-2-16(13-31-21)25(40-15-39)22-18(19-12-17(27)3-4-20(19)34-22)6-7-38(25)24-33-14-32-23(35-24)26(28,29)30/h2-5,12-15,34H,6-11H2,1H3/t25-/m0/s1. The highest BCUT2D eigenvalue weighted by Gasteiger charge is 2.51. The molecule has 1 fully saturated rings. The highest BCUT2D eigenvalue weighted by Crippen LogP contribution is 2.46. The molecule has 14 heteroatoms. The van der Waals surface area contributed by atoms with E-state index in [1.54, 1.807) is 30.5 Å². The molecule has 1 atom stereocenters. The molecule has 0 radical (unpaired) electrons. The number of aromatic nitrogens is 5. The van der Waals surface area contributed by atoms with Crippen molar-refractivity contribution in [3.05, 3.63) is 70.5 Å². The zero-order valence-electron chi connectivity index (χ0n) is 21.3. The summed E-state index contributed by atoms with van der Waals surface area (Å²) < 4.78 is 46.6. The molecule has 0 amide bonds. The molecule has 0 aliphatic carbocycles. The first-order valence-corrected chi connectivity index (χ1v) is 12.9. The third kappa shape index (κ3) is 4.38. The number of likely N-dealkylation sites (N-methyl/N-ethyl adjacent to an activating group) is 1. The van der Waals surface area contributed by atoms with Crippen molar-refractivity contribution in [3.8, 4) is 0 Å². The number of H-pyrrole nitrogens is 1. The van der Waals surface area contributed by atoms with Crippen molar-refractivity contribution in [3.63, 3.8) is 0 Å².